The van der Waals surface area contributed by atoms with Gasteiger partial charge in [0.05, 0.1) is 34.6 Å². The Kier molecular flexibility index (Phi) is 6.93. The predicted octanol–water partition coefficient (Wildman–Crippen LogP) is 5.79. The van der Waals surface area contributed by atoms with Crippen LogP contribution in [-0.2, 0) is 0 Å². The van der Waals surface area contributed by atoms with E-state index < -0.39 is 0 Å². The summed E-state index contributed by atoms with van der Waals surface area (Å²) in [7, 11) is 0. The van der Waals surface area contributed by atoms with Crippen molar-refractivity contribution < 1.29 is 4.74 Å². The maximum atomic E-state index is 13.5. The van der Waals surface area contributed by atoms with Gasteiger partial charge in [-0.3, -0.25) is 4.79 Å². The molecule has 1 saturated heterocycles. The fraction of sp³-hybridized carbons (Fsp3) is 0.310. The summed E-state index contributed by atoms with van der Waals surface area (Å²) in [5.74, 6) is 1.03. The Morgan fingerprint density at radius 2 is 1.92 bits per heavy atom. The summed E-state index contributed by atoms with van der Waals surface area (Å²) in [6.07, 6.45) is 7.54. The van der Waals surface area contributed by atoms with E-state index in [2.05, 4.69) is 41.6 Å². The summed E-state index contributed by atoms with van der Waals surface area (Å²) < 4.78 is 6.49. The van der Waals surface area contributed by atoms with E-state index in [-0.39, 0.29) is 5.56 Å². The molecule has 0 aliphatic carbocycles. The second kappa shape index (κ2) is 10.7. The molecule has 0 spiro atoms. The van der Waals surface area contributed by atoms with Gasteiger partial charge < -0.3 is 25.3 Å². The number of H-pyrrole nitrogens is 2. The summed E-state index contributed by atoms with van der Waals surface area (Å²) in [6.45, 7) is 5.58. The number of imidazole rings is 1. The molecular weight excluding hydrogens is 514 g/mol. The Hall–Kier alpha value is -3.95. The number of benzene rings is 2. The van der Waals surface area contributed by atoms with E-state index in [1.807, 2.05) is 32.0 Å². The van der Waals surface area contributed by atoms with Crippen molar-refractivity contribution in [2.75, 3.05) is 18.5 Å². The Morgan fingerprint density at radius 3 is 2.69 bits per heavy atom. The van der Waals surface area contributed by atoms with Crippen LogP contribution in [0.2, 0.25) is 5.02 Å². The Bertz CT molecular complexity index is 1670. The molecule has 1 unspecified atom stereocenters. The van der Waals surface area contributed by atoms with Gasteiger partial charge in [-0.05, 0) is 57.4 Å². The molecule has 9 nitrogen and oxygen atoms in total. The maximum absolute atomic E-state index is 13.5. The van der Waals surface area contributed by atoms with Crippen LogP contribution in [0, 0.1) is 13.8 Å². The third-order valence-electron chi connectivity index (χ3n) is 7.10. The number of pyridine rings is 1. The number of aryl methyl sites for hydroxylation is 2. The highest BCUT2D eigenvalue weighted by Crippen LogP contribution is 2.38. The molecule has 1 aliphatic rings. The highest BCUT2D eigenvalue weighted by Gasteiger charge is 2.20. The van der Waals surface area contributed by atoms with Crippen molar-refractivity contribution in [1.82, 2.24) is 30.2 Å². The van der Waals surface area contributed by atoms with Gasteiger partial charge in [-0.25, -0.2) is 9.97 Å². The van der Waals surface area contributed by atoms with Crippen LogP contribution >= 0.6 is 11.6 Å². The largest absolute Gasteiger partial charge is 0.492 e. The standard InChI is InChI=1S/C29H30ClN7O2/c1-16-9-17(2)11-18(10-16)25-26(39-8-6-19-5-3-4-7-32-19)20-12-23(21(30)13-22(20)34-28(25)38)35-29-36-24-14-31-15-33-27(24)37-29/h9-15,19,32H,3-8H2,1-2H3,(H,34,38)(H2,31,33,35,36,37). The number of nitrogens with zero attached hydrogens (tertiary/aromatic N) is 3. The zero-order valence-electron chi connectivity index (χ0n) is 21.9. The minimum atomic E-state index is -0.217. The summed E-state index contributed by atoms with van der Waals surface area (Å²) >= 11 is 6.66. The number of ether oxygens (including phenoxy) is 1. The molecule has 1 aliphatic heterocycles. The van der Waals surface area contributed by atoms with E-state index in [1.54, 1.807) is 12.3 Å². The third-order valence-corrected chi connectivity index (χ3v) is 7.42. The number of fused-ring (bicyclic) bond motifs is 2. The number of nitrogens with one attached hydrogen (secondary N) is 4. The van der Waals surface area contributed by atoms with Gasteiger partial charge in [0.1, 0.15) is 17.6 Å². The lowest BCUT2D eigenvalue weighted by atomic mass is 9.99. The number of hydrogen-bond acceptors (Lipinski definition) is 7. The number of hydrogen-bond donors (Lipinski definition) is 4. The van der Waals surface area contributed by atoms with Gasteiger partial charge in [0.2, 0.25) is 5.95 Å². The van der Waals surface area contributed by atoms with Crippen molar-refractivity contribution in [2.24, 2.45) is 0 Å². The third kappa shape index (κ3) is 5.32. The van der Waals surface area contributed by atoms with Crippen LogP contribution in [0.5, 0.6) is 5.75 Å². The van der Waals surface area contributed by atoms with Crippen LogP contribution in [0.4, 0.5) is 11.6 Å². The van der Waals surface area contributed by atoms with Crippen molar-refractivity contribution in [1.29, 1.82) is 0 Å². The first-order chi connectivity index (χ1) is 18.9. The molecule has 39 heavy (non-hydrogen) atoms. The van der Waals surface area contributed by atoms with E-state index in [1.165, 1.54) is 19.2 Å². The molecule has 3 aromatic heterocycles. The first-order valence-electron chi connectivity index (χ1n) is 13.2. The number of piperidine rings is 1. The Balaban J connectivity index is 1.44. The number of aromatic nitrogens is 5. The predicted molar refractivity (Wildman–Crippen MR) is 155 cm³/mol. The minimum absolute atomic E-state index is 0.217. The normalized spacial score (nSPS) is 15.6. The van der Waals surface area contributed by atoms with Crippen LogP contribution in [0.25, 0.3) is 33.2 Å². The summed E-state index contributed by atoms with van der Waals surface area (Å²) in [5.41, 5.74) is 5.75. The number of halogens is 1. The first-order valence-corrected chi connectivity index (χ1v) is 13.6. The first kappa shape index (κ1) is 25.3. The van der Waals surface area contributed by atoms with Crippen LogP contribution in [0.15, 0.2) is 47.7 Å². The molecule has 4 N–H and O–H groups in total. The maximum Gasteiger partial charge on any atom is 0.260 e. The van der Waals surface area contributed by atoms with Gasteiger partial charge in [-0.2, -0.15) is 4.98 Å². The lowest BCUT2D eigenvalue weighted by molar-refractivity contribution is 0.271. The molecule has 1 atom stereocenters. The van der Waals surface area contributed by atoms with Gasteiger partial charge in [0, 0.05) is 11.4 Å². The zero-order valence-corrected chi connectivity index (χ0v) is 22.7. The van der Waals surface area contributed by atoms with Crippen molar-refractivity contribution >= 4 is 45.3 Å². The number of anilines is 2. The van der Waals surface area contributed by atoms with Crippen molar-refractivity contribution in [2.45, 2.75) is 45.6 Å². The van der Waals surface area contributed by atoms with Crippen LogP contribution < -0.4 is 20.9 Å². The summed E-state index contributed by atoms with van der Waals surface area (Å²) in [6, 6.07) is 10.2. The molecule has 2 aromatic carbocycles. The molecule has 1 fully saturated rings. The van der Waals surface area contributed by atoms with Gasteiger partial charge in [0.25, 0.3) is 5.56 Å². The van der Waals surface area contributed by atoms with Crippen molar-refractivity contribution in [3.8, 4) is 16.9 Å². The Morgan fingerprint density at radius 1 is 1.08 bits per heavy atom. The van der Waals surface area contributed by atoms with E-state index in [9.17, 15) is 4.79 Å². The molecule has 0 radical (unpaired) electrons. The monoisotopic (exact) mass is 543 g/mol. The SMILES string of the molecule is Cc1cc(C)cc(-c2c(OCCC3CCCCN3)c3cc(Nc4nc5ncncc5[nH]4)c(Cl)cc3[nH]c2=O)c1. The quantitative estimate of drug-likeness (QED) is 0.205. The fourth-order valence-electron chi connectivity index (χ4n) is 5.34. The highest BCUT2D eigenvalue weighted by atomic mass is 35.5. The van der Waals surface area contributed by atoms with Crippen LogP contribution in [-0.4, -0.2) is 44.1 Å². The fourth-order valence-corrected chi connectivity index (χ4v) is 5.55. The molecule has 0 saturated carbocycles. The zero-order chi connectivity index (χ0) is 26.9. The van der Waals surface area contributed by atoms with Gasteiger partial charge in [-0.15, -0.1) is 0 Å². The van der Waals surface area contributed by atoms with Gasteiger partial charge >= 0.3 is 0 Å². The highest BCUT2D eigenvalue weighted by molar-refractivity contribution is 6.34. The molecule has 200 valence electrons. The average Bonchev–Trinajstić information content (AvgIpc) is 3.32. The Labute approximate surface area is 230 Å². The van der Waals surface area contributed by atoms with Crippen LogP contribution in [0.1, 0.15) is 36.8 Å². The molecular formula is C29H30ClN7O2. The molecule has 5 aromatic rings. The van der Waals surface area contributed by atoms with E-state index in [4.69, 9.17) is 16.3 Å². The summed E-state index contributed by atoms with van der Waals surface area (Å²) in [5, 5.41) is 8.02. The molecule has 0 amide bonds. The van der Waals surface area contributed by atoms with E-state index in [0.717, 1.165) is 41.5 Å². The van der Waals surface area contributed by atoms with Crippen molar-refractivity contribution in [3.05, 3.63) is 69.4 Å². The second-order valence-corrected chi connectivity index (χ2v) is 10.6. The lowest BCUT2D eigenvalue weighted by Crippen LogP contribution is -2.35. The van der Waals surface area contributed by atoms with E-state index in [0.29, 0.717) is 57.3 Å². The topological polar surface area (TPSA) is 121 Å². The molecule has 4 heterocycles. The average molecular weight is 544 g/mol. The van der Waals surface area contributed by atoms with Gasteiger partial charge in [-0.1, -0.05) is 47.3 Å². The number of aromatic amines is 2. The molecule has 10 heteroatoms. The van der Waals surface area contributed by atoms with E-state index >= 15 is 0 Å². The molecule has 6 rings (SSSR count). The summed E-state index contributed by atoms with van der Waals surface area (Å²) in [4.78, 5) is 32.4. The number of rotatable bonds is 7. The lowest BCUT2D eigenvalue weighted by Gasteiger charge is -2.24. The minimum Gasteiger partial charge on any atom is -0.492 e. The van der Waals surface area contributed by atoms with Crippen LogP contribution in [0.3, 0.4) is 0 Å². The second-order valence-electron chi connectivity index (χ2n) is 10.2. The smallest absolute Gasteiger partial charge is 0.260 e. The van der Waals surface area contributed by atoms with Gasteiger partial charge in [0.15, 0.2) is 5.65 Å². The van der Waals surface area contributed by atoms with Crippen molar-refractivity contribution in [3.63, 3.8) is 0 Å². The molecule has 0 bridgehead atoms.